The van der Waals surface area contributed by atoms with Crippen LogP contribution >= 0.6 is 23.4 Å². The first-order valence-corrected chi connectivity index (χ1v) is 15.0. The van der Waals surface area contributed by atoms with E-state index in [1.165, 1.54) is 11.1 Å². The third-order valence-electron chi connectivity index (χ3n) is 7.10. The third-order valence-corrected chi connectivity index (χ3v) is 8.90. The minimum atomic E-state index is -0.927. The van der Waals surface area contributed by atoms with Crippen molar-refractivity contribution in [3.05, 3.63) is 112 Å². The molecule has 0 bridgehead atoms. The second-order valence-electron chi connectivity index (χ2n) is 11.6. The van der Waals surface area contributed by atoms with Crippen molar-refractivity contribution in [3.8, 4) is 0 Å². The number of benzene rings is 3. The summed E-state index contributed by atoms with van der Waals surface area (Å²) < 4.78 is -0.432. The number of hydrogen-bond acceptors (Lipinski definition) is 4. The lowest BCUT2D eigenvalue weighted by Crippen LogP contribution is -2.22. The van der Waals surface area contributed by atoms with Gasteiger partial charge in [0.25, 0.3) is 0 Å². The molecule has 4 rings (SSSR count). The molecule has 0 spiro atoms. The topological polar surface area (TPSA) is 70.4 Å². The van der Waals surface area contributed by atoms with Gasteiger partial charge in [-0.1, -0.05) is 86.1 Å². The van der Waals surface area contributed by atoms with E-state index in [-0.39, 0.29) is 11.7 Å². The summed E-state index contributed by atoms with van der Waals surface area (Å²) in [6.45, 7) is 7.64. The molecule has 3 aromatic carbocycles. The number of hydrogen-bond donors (Lipinski definition) is 2. The predicted octanol–water partition coefficient (Wildman–Crippen LogP) is 8.56. The van der Waals surface area contributed by atoms with E-state index < -0.39 is 16.3 Å². The lowest BCUT2D eigenvalue weighted by molar-refractivity contribution is -0.137. The van der Waals surface area contributed by atoms with Gasteiger partial charge in [-0.05, 0) is 80.0 Å². The van der Waals surface area contributed by atoms with Gasteiger partial charge in [0.15, 0.2) is 0 Å². The summed E-state index contributed by atoms with van der Waals surface area (Å²) in [5.74, 6) is -0.790. The van der Waals surface area contributed by atoms with Gasteiger partial charge in [-0.25, -0.2) is 0 Å². The molecule has 1 atom stereocenters. The maximum Gasteiger partial charge on any atom is 0.304 e. The number of thioether (sulfide) groups is 1. The van der Waals surface area contributed by atoms with E-state index in [2.05, 4.69) is 42.5 Å². The average Bonchev–Trinajstić information content (AvgIpc) is 2.88. The number of rotatable bonds is 12. The predicted molar refractivity (Wildman–Crippen MR) is 167 cm³/mol. The number of pyridine rings is 1. The van der Waals surface area contributed by atoms with E-state index in [1.807, 2.05) is 64.1 Å². The fourth-order valence-electron chi connectivity index (χ4n) is 5.20. The van der Waals surface area contributed by atoms with Crippen molar-refractivity contribution in [1.82, 2.24) is 4.98 Å². The van der Waals surface area contributed by atoms with Crippen molar-refractivity contribution in [2.75, 3.05) is 0 Å². The van der Waals surface area contributed by atoms with Gasteiger partial charge in [0, 0.05) is 26.1 Å². The highest BCUT2D eigenvalue weighted by atomic mass is 35.5. The Bertz CT molecular complexity index is 1480. The zero-order chi connectivity index (χ0) is 28.9. The monoisotopic (exact) mass is 575 g/mol. The SMILES string of the molecule is CC(C)(CC(=O)O)SC(CCc1ccccc1C(C)(C)O)c1cccc(CCc2ccc3ccc(Cl)cc3n2)c1. The number of halogens is 1. The van der Waals surface area contributed by atoms with Gasteiger partial charge in [0.1, 0.15) is 0 Å². The first-order chi connectivity index (χ1) is 18.9. The molecule has 1 heterocycles. The second-order valence-corrected chi connectivity index (χ2v) is 13.9. The average molecular weight is 576 g/mol. The van der Waals surface area contributed by atoms with Crippen molar-refractivity contribution in [2.45, 2.75) is 75.4 Å². The Balaban J connectivity index is 1.55. The molecule has 0 aliphatic heterocycles. The van der Waals surface area contributed by atoms with Crippen LogP contribution in [0.3, 0.4) is 0 Å². The molecule has 0 fully saturated rings. The quantitative estimate of drug-likeness (QED) is 0.177. The number of aromatic nitrogens is 1. The van der Waals surface area contributed by atoms with Crippen LogP contribution in [-0.4, -0.2) is 25.9 Å². The van der Waals surface area contributed by atoms with Crippen LogP contribution in [0.1, 0.15) is 73.7 Å². The van der Waals surface area contributed by atoms with Crippen molar-refractivity contribution in [2.24, 2.45) is 0 Å². The zero-order valence-corrected chi connectivity index (χ0v) is 25.2. The minimum Gasteiger partial charge on any atom is -0.481 e. The summed E-state index contributed by atoms with van der Waals surface area (Å²) in [6.07, 6.45) is 3.37. The summed E-state index contributed by atoms with van der Waals surface area (Å²) in [5, 5.41) is 22.1. The summed E-state index contributed by atoms with van der Waals surface area (Å²) >= 11 is 7.89. The van der Waals surface area contributed by atoms with Gasteiger partial charge < -0.3 is 10.2 Å². The Morgan fingerprint density at radius 2 is 1.68 bits per heavy atom. The first-order valence-electron chi connectivity index (χ1n) is 13.7. The van der Waals surface area contributed by atoms with Gasteiger partial charge in [0.05, 0.1) is 17.5 Å². The van der Waals surface area contributed by atoms with E-state index in [0.29, 0.717) is 5.02 Å². The molecule has 0 aliphatic rings. The van der Waals surface area contributed by atoms with E-state index in [0.717, 1.165) is 53.4 Å². The fourth-order valence-corrected chi connectivity index (χ4v) is 6.86. The highest BCUT2D eigenvalue weighted by Crippen LogP contribution is 2.44. The molecule has 0 amide bonds. The molecule has 0 radical (unpaired) electrons. The van der Waals surface area contributed by atoms with Crippen LogP contribution in [0.2, 0.25) is 5.02 Å². The van der Waals surface area contributed by atoms with Crippen LogP contribution < -0.4 is 0 Å². The molecule has 1 unspecified atom stereocenters. The molecular formula is C34H38ClNO3S. The van der Waals surface area contributed by atoms with Crippen LogP contribution in [0.5, 0.6) is 0 Å². The largest absolute Gasteiger partial charge is 0.481 e. The van der Waals surface area contributed by atoms with E-state index in [4.69, 9.17) is 16.6 Å². The van der Waals surface area contributed by atoms with Crippen LogP contribution in [-0.2, 0) is 29.7 Å². The Morgan fingerprint density at radius 3 is 2.42 bits per heavy atom. The Hall–Kier alpha value is -2.86. The number of fused-ring (bicyclic) bond motifs is 1. The van der Waals surface area contributed by atoms with Crippen molar-refractivity contribution >= 4 is 40.2 Å². The molecule has 6 heteroatoms. The van der Waals surface area contributed by atoms with Crippen molar-refractivity contribution in [3.63, 3.8) is 0 Å². The smallest absolute Gasteiger partial charge is 0.304 e. The number of carboxylic acid groups (broad SMARTS) is 1. The van der Waals surface area contributed by atoms with Gasteiger partial charge in [0.2, 0.25) is 0 Å². The molecular weight excluding hydrogens is 538 g/mol. The standard InChI is InChI=1S/C34H38ClNO3S/c1-33(2,22-32(37)38)40-31(19-15-24-9-5-6-11-29(24)34(3,4)39)26-10-7-8-23(20-26)12-17-28-18-14-25-13-16-27(35)21-30(25)36-28/h5-11,13-14,16,18,20-21,31,39H,12,15,17,19,22H2,1-4H3,(H,37,38). The Morgan fingerprint density at radius 1 is 0.925 bits per heavy atom. The maximum absolute atomic E-state index is 11.6. The zero-order valence-electron chi connectivity index (χ0n) is 23.7. The minimum absolute atomic E-state index is 0.0891. The number of aryl methyl sites for hydroxylation is 3. The summed E-state index contributed by atoms with van der Waals surface area (Å²) in [6, 6.07) is 26.6. The van der Waals surface area contributed by atoms with Crippen LogP contribution in [0.15, 0.2) is 78.9 Å². The summed E-state index contributed by atoms with van der Waals surface area (Å²) in [4.78, 5) is 16.4. The third kappa shape index (κ3) is 8.33. The van der Waals surface area contributed by atoms with Crippen LogP contribution in [0.25, 0.3) is 10.9 Å². The molecule has 4 aromatic rings. The fraction of sp³-hybridized carbons (Fsp3) is 0.353. The van der Waals surface area contributed by atoms with Gasteiger partial charge in [-0.2, -0.15) is 0 Å². The van der Waals surface area contributed by atoms with E-state index in [9.17, 15) is 15.0 Å². The lowest BCUT2D eigenvalue weighted by atomic mass is 9.90. The number of nitrogens with zero attached hydrogens (tertiary/aromatic N) is 1. The van der Waals surface area contributed by atoms with Crippen LogP contribution in [0, 0.1) is 0 Å². The highest BCUT2D eigenvalue weighted by Gasteiger charge is 2.28. The van der Waals surface area contributed by atoms with E-state index >= 15 is 0 Å². The molecule has 0 saturated heterocycles. The number of carboxylic acids is 1. The maximum atomic E-state index is 11.6. The number of carbonyl (C=O) groups is 1. The number of aliphatic carboxylic acids is 1. The Labute approximate surface area is 246 Å². The second kappa shape index (κ2) is 12.8. The van der Waals surface area contributed by atoms with Crippen molar-refractivity contribution in [1.29, 1.82) is 0 Å². The molecule has 0 aliphatic carbocycles. The Kier molecular flexibility index (Phi) is 9.60. The highest BCUT2D eigenvalue weighted by molar-refractivity contribution is 8.00. The number of aliphatic hydroxyl groups is 1. The lowest BCUT2D eigenvalue weighted by Gasteiger charge is -2.29. The normalized spacial score (nSPS) is 12.9. The summed E-state index contributed by atoms with van der Waals surface area (Å²) in [5.41, 5.74) is 5.48. The summed E-state index contributed by atoms with van der Waals surface area (Å²) in [7, 11) is 0. The van der Waals surface area contributed by atoms with Crippen LogP contribution in [0.4, 0.5) is 0 Å². The molecule has 40 heavy (non-hydrogen) atoms. The van der Waals surface area contributed by atoms with E-state index in [1.54, 1.807) is 11.8 Å². The first kappa shape index (κ1) is 30.1. The van der Waals surface area contributed by atoms with Gasteiger partial charge in [-0.15, -0.1) is 11.8 Å². The van der Waals surface area contributed by atoms with Gasteiger partial charge >= 0.3 is 5.97 Å². The molecule has 0 saturated carbocycles. The van der Waals surface area contributed by atoms with Gasteiger partial charge in [-0.3, -0.25) is 9.78 Å². The molecule has 210 valence electrons. The molecule has 2 N–H and O–H groups in total. The molecule has 1 aromatic heterocycles. The molecule has 4 nitrogen and oxygen atoms in total. The van der Waals surface area contributed by atoms with Crippen molar-refractivity contribution < 1.29 is 15.0 Å².